The standard InChI is InChI=1S/C19H21N3O3S/c1-15-10-16(2)12-18(11-15)25-9-8-21-26(23,24)19-13-20-22(14-19)17-6-4-3-5-7-17/h3-7,10-14,21H,8-9H2,1-2H3. The summed E-state index contributed by atoms with van der Waals surface area (Å²) in [5.74, 6) is 0.735. The lowest BCUT2D eigenvalue weighted by Gasteiger charge is -2.09. The van der Waals surface area contributed by atoms with Crippen molar-refractivity contribution in [3.05, 3.63) is 72.1 Å². The molecular formula is C19H21N3O3S. The van der Waals surface area contributed by atoms with Crippen molar-refractivity contribution < 1.29 is 13.2 Å². The van der Waals surface area contributed by atoms with Crippen molar-refractivity contribution in [3.63, 3.8) is 0 Å². The van der Waals surface area contributed by atoms with Gasteiger partial charge in [0.15, 0.2) is 0 Å². The minimum atomic E-state index is -3.63. The highest BCUT2D eigenvalue weighted by Gasteiger charge is 2.16. The second-order valence-corrected chi connectivity index (χ2v) is 7.79. The van der Waals surface area contributed by atoms with Crippen LogP contribution in [0.25, 0.3) is 5.69 Å². The first-order valence-corrected chi connectivity index (χ1v) is 9.73. The Labute approximate surface area is 153 Å². The molecule has 0 spiro atoms. The molecule has 136 valence electrons. The van der Waals surface area contributed by atoms with E-state index < -0.39 is 10.0 Å². The highest BCUT2D eigenvalue weighted by molar-refractivity contribution is 7.89. The molecule has 1 heterocycles. The molecule has 0 saturated carbocycles. The minimum absolute atomic E-state index is 0.118. The van der Waals surface area contributed by atoms with Crippen LogP contribution in [0.2, 0.25) is 0 Å². The summed E-state index contributed by atoms with van der Waals surface area (Å²) in [5, 5.41) is 4.11. The van der Waals surface area contributed by atoms with Gasteiger partial charge in [0.05, 0.1) is 18.1 Å². The maximum atomic E-state index is 12.4. The van der Waals surface area contributed by atoms with E-state index in [1.54, 1.807) is 0 Å². The van der Waals surface area contributed by atoms with E-state index in [1.807, 2.05) is 56.3 Å². The van der Waals surface area contributed by atoms with Crippen LogP contribution in [0.15, 0.2) is 65.8 Å². The lowest BCUT2D eigenvalue weighted by Crippen LogP contribution is -2.28. The number of nitrogens with zero attached hydrogens (tertiary/aromatic N) is 2. The van der Waals surface area contributed by atoms with Crippen molar-refractivity contribution in [1.82, 2.24) is 14.5 Å². The Morgan fingerprint density at radius 1 is 1.08 bits per heavy atom. The maximum absolute atomic E-state index is 12.4. The van der Waals surface area contributed by atoms with Crippen LogP contribution < -0.4 is 9.46 Å². The molecule has 0 unspecified atom stereocenters. The first-order valence-electron chi connectivity index (χ1n) is 8.25. The normalized spacial score (nSPS) is 11.5. The molecule has 2 aromatic carbocycles. The van der Waals surface area contributed by atoms with Gasteiger partial charge in [-0.3, -0.25) is 0 Å². The van der Waals surface area contributed by atoms with Gasteiger partial charge in [0, 0.05) is 6.54 Å². The van der Waals surface area contributed by atoms with Crippen molar-refractivity contribution in [2.75, 3.05) is 13.2 Å². The van der Waals surface area contributed by atoms with Gasteiger partial charge in [-0.1, -0.05) is 24.3 Å². The second-order valence-electron chi connectivity index (χ2n) is 6.03. The Bertz CT molecular complexity index is 962. The van der Waals surface area contributed by atoms with Crippen LogP contribution in [0.3, 0.4) is 0 Å². The van der Waals surface area contributed by atoms with E-state index in [0.29, 0.717) is 0 Å². The van der Waals surface area contributed by atoms with E-state index in [1.165, 1.54) is 17.1 Å². The fraction of sp³-hybridized carbons (Fsp3) is 0.211. The van der Waals surface area contributed by atoms with Gasteiger partial charge in [-0.2, -0.15) is 5.10 Å². The number of para-hydroxylation sites is 1. The van der Waals surface area contributed by atoms with Gasteiger partial charge in [-0.15, -0.1) is 0 Å². The molecular weight excluding hydrogens is 350 g/mol. The summed E-state index contributed by atoms with van der Waals surface area (Å²) in [6.07, 6.45) is 2.82. The number of ether oxygens (including phenoxy) is 1. The highest BCUT2D eigenvalue weighted by Crippen LogP contribution is 2.16. The molecule has 0 aliphatic rings. The fourth-order valence-corrected chi connectivity index (χ4v) is 3.55. The zero-order valence-corrected chi connectivity index (χ0v) is 15.5. The van der Waals surface area contributed by atoms with Crippen molar-refractivity contribution in [2.24, 2.45) is 0 Å². The topological polar surface area (TPSA) is 73.2 Å². The summed E-state index contributed by atoms with van der Waals surface area (Å²) < 4.78 is 34.4. The zero-order valence-electron chi connectivity index (χ0n) is 14.7. The molecule has 0 amide bonds. The SMILES string of the molecule is Cc1cc(C)cc(OCCNS(=O)(=O)c2cnn(-c3ccccc3)c2)c1. The van der Waals surface area contributed by atoms with Crippen molar-refractivity contribution in [1.29, 1.82) is 0 Å². The first-order chi connectivity index (χ1) is 12.4. The summed E-state index contributed by atoms with van der Waals surface area (Å²) in [6, 6.07) is 15.2. The monoisotopic (exact) mass is 371 g/mol. The van der Waals surface area contributed by atoms with Gasteiger partial charge < -0.3 is 4.74 Å². The van der Waals surface area contributed by atoms with Crippen LogP contribution in [0.5, 0.6) is 5.75 Å². The molecule has 1 aromatic heterocycles. The number of sulfonamides is 1. The van der Waals surface area contributed by atoms with Gasteiger partial charge in [0.25, 0.3) is 0 Å². The number of hydrogen-bond donors (Lipinski definition) is 1. The van der Waals surface area contributed by atoms with E-state index in [4.69, 9.17) is 4.74 Å². The Morgan fingerprint density at radius 3 is 2.46 bits per heavy atom. The third-order valence-corrected chi connectivity index (χ3v) is 5.16. The molecule has 7 heteroatoms. The first kappa shape index (κ1) is 18.2. The number of rotatable bonds is 7. The molecule has 1 N–H and O–H groups in total. The molecule has 6 nitrogen and oxygen atoms in total. The summed E-state index contributed by atoms with van der Waals surface area (Å²) in [5.41, 5.74) is 3.01. The third kappa shape index (κ3) is 4.50. The third-order valence-electron chi connectivity index (χ3n) is 3.75. The molecule has 0 saturated heterocycles. The minimum Gasteiger partial charge on any atom is -0.492 e. The van der Waals surface area contributed by atoms with Gasteiger partial charge in [-0.25, -0.2) is 17.8 Å². The Morgan fingerprint density at radius 2 is 1.77 bits per heavy atom. The quantitative estimate of drug-likeness (QED) is 0.648. The molecule has 0 bridgehead atoms. The summed E-state index contributed by atoms with van der Waals surface area (Å²) in [6.45, 7) is 4.40. The Hall–Kier alpha value is -2.64. The summed E-state index contributed by atoms with van der Waals surface area (Å²) >= 11 is 0. The molecule has 26 heavy (non-hydrogen) atoms. The van der Waals surface area contributed by atoms with Crippen LogP contribution in [0.4, 0.5) is 0 Å². The number of aromatic nitrogens is 2. The van der Waals surface area contributed by atoms with Crippen molar-refractivity contribution in [2.45, 2.75) is 18.7 Å². The maximum Gasteiger partial charge on any atom is 0.243 e. The van der Waals surface area contributed by atoms with E-state index in [0.717, 1.165) is 22.6 Å². The van der Waals surface area contributed by atoms with Crippen LogP contribution in [0, 0.1) is 13.8 Å². The highest BCUT2D eigenvalue weighted by atomic mass is 32.2. The van der Waals surface area contributed by atoms with Gasteiger partial charge in [0.1, 0.15) is 17.3 Å². The molecule has 0 atom stereocenters. The predicted molar refractivity (Wildman–Crippen MR) is 100 cm³/mol. The average molecular weight is 371 g/mol. The molecule has 3 aromatic rings. The lowest BCUT2D eigenvalue weighted by molar-refractivity contribution is 0.322. The van der Waals surface area contributed by atoms with Gasteiger partial charge >= 0.3 is 0 Å². The lowest BCUT2D eigenvalue weighted by atomic mass is 10.1. The predicted octanol–water partition coefficient (Wildman–Crippen LogP) is 2.85. The fourth-order valence-electron chi connectivity index (χ4n) is 2.61. The van der Waals surface area contributed by atoms with Crippen LogP contribution in [0.1, 0.15) is 11.1 Å². The van der Waals surface area contributed by atoms with Crippen LogP contribution >= 0.6 is 0 Å². The van der Waals surface area contributed by atoms with E-state index in [2.05, 4.69) is 15.9 Å². The Balaban J connectivity index is 1.58. The van der Waals surface area contributed by atoms with E-state index in [-0.39, 0.29) is 18.0 Å². The molecule has 0 aliphatic heterocycles. The molecule has 3 rings (SSSR count). The molecule has 0 fully saturated rings. The van der Waals surface area contributed by atoms with Crippen LogP contribution in [-0.2, 0) is 10.0 Å². The number of hydrogen-bond acceptors (Lipinski definition) is 4. The average Bonchev–Trinajstić information content (AvgIpc) is 3.10. The van der Waals surface area contributed by atoms with Gasteiger partial charge in [0.2, 0.25) is 10.0 Å². The largest absolute Gasteiger partial charge is 0.492 e. The van der Waals surface area contributed by atoms with Gasteiger partial charge in [-0.05, 0) is 49.2 Å². The van der Waals surface area contributed by atoms with Crippen molar-refractivity contribution in [3.8, 4) is 11.4 Å². The van der Waals surface area contributed by atoms with Crippen molar-refractivity contribution >= 4 is 10.0 Å². The smallest absolute Gasteiger partial charge is 0.243 e. The van der Waals surface area contributed by atoms with Crippen LogP contribution in [-0.4, -0.2) is 31.3 Å². The van der Waals surface area contributed by atoms with E-state index >= 15 is 0 Å². The Kier molecular flexibility index (Phi) is 5.39. The summed E-state index contributed by atoms with van der Waals surface area (Å²) in [4.78, 5) is 0.118. The number of aryl methyl sites for hydroxylation is 2. The number of benzene rings is 2. The molecule has 0 radical (unpaired) electrons. The number of nitrogens with one attached hydrogen (secondary N) is 1. The molecule has 0 aliphatic carbocycles. The van der Waals surface area contributed by atoms with E-state index in [9.17, 15) is 8.42 Å². The summed E-state index contributed by atoms with van der Waals surface area (Å²) in [7, 11) is -3.63. The second kappa shape index (κ2) is 7.72. The zero-order chi connectivity index (χ0) is 18.6.